The lowest BCUT2D eigenvalue weighted by Crippen LogP contribution is -2.12. The summed E-state index contributed by atoms with van der Waals surface area (Å²) in [6.07, 6.45) is 0. The summed E-state index contributed by atoms with van der Waals surface area (Å²) in [5.74, 6) is -0.0852. The van der Waals surface area contributed by atoms with Gasteiger partial charge in [0.2, 0.25) is 0 Å². The molecule has 0 unspecified atom stereocenters. The number of hydrogen-bond acceptors (Lipinski definition) is 6. The third-order valence-corrected chi connectivity index (χ3v) is 5.48. The van der Waals surface area contributed by atoms with Crippen molar-refractivity contribution >= 4 is 43.9 Å². The minimum absolute atomic E-state index is 0.212. The normalized spacial score (nSPS) is 10.9. The van der Waals surface area contributed by atoms with Crippen molar-refractivity contribution in [2.24, 2.45) is 0 Å². The third kappa shape index (κ3) is 4.12. The van der Waals surface area contributed by atoms with Gasteiger partial charge in [0, 0.05) is 5.38 Å². The molecule has 136 valence electrons. The maximum Gasteiger partial charge on any atom is 0.276 e. The SMILES string of the molecule is Cc1ccc2nc(NC(=O)c3csc(COc4ccc(F)cc4)n3)sc2c1. The minimum atomic E-state index is -0.319. The second-order valence-corrected chi connectivity index (χ2v) is 7.79. The Morgan fingerprint density at radius 2 is 2.00 bits per heavy atom. The molecule has 0 spiro atoms. The van der Waals surface area contributed by atoms with Crippen molar-refractivity contribution in [3.8, 4) is 5.75 Å². The standard InChI is InChI=1S/C19H14FN3O2S2/c1-11-2-7-14-16(8-11)27-19(22-14)23-18(24)15-10-26-17(21-15)9-25-13-5-3-12(20)4-6-13/h2-8,10H,9H2,1H3,(H,22,23,24). The molecule has 0 fully saturated rings. The van der Waals surface area contributed by atoms with Gasteiger partial charge in [-0.25, -0.2) is 14.4 Å². The number of carbonyl (C=O) groups is 1. The molecule has 0 saturated carbocycles. The molecule has 0 aliphatic rings. The van der Waals surface area contributed by atoms with Gasteiger partial charge in [-0.3, -0.25) is 10.1 Å². The van der Waals surface area contributed by atoms with E-state index in [0.29, 0.717) is 21.6 Å². The van der Waals surface area contributed by atoms with E-state index in [1.54, 1.807) is 17.5 Å². The average molecular weight is 399 g/mol. The molecule has 5 nitrogen and oxygen atoms in total. The van der Waals surface area contributed by atoms with Crippen molar-refractivity contribution in [1.29, 1.82) is 0 Å². The van der Waals surface area contributed by atoms with Gasteiger partial charge in [-0.05, 0) is 48.9 Å². The van der Waals surface area contributed by atoms with E-state index in [-0.39, 0.29) is 18.3 Å². The summed E-state index contributed by atoms with van der Waals surface area (Å²) in [7, 11) is 0. The van der Waals surface area contributed by atoms with E-state index in [4.69, 9.17) is 4.74 Å². The highest BCUT2D eigenvalue weighted by atomic mass is 32.1. The number of thiazole rings is 2. The highest BCUT2D eigenvalue weighted by Gasteiger charge is 2.14. The zero-order chi connectivity index (χ0) is 18.8. The smallest absolute Gasteiger partial charge is 0.276 e. The molecule has 0 saturated heterocycles. The van der Waals surface area contributed by atoms with Crippen molar-refractivity contribution in [1.82, 2.24) is 9.97 Å². The van der Waals surface area contributed by atoms with E-state index in [2.05, 4.69) is 15.3 Å². The molecule has 4 rings (SSSR count). The number of nitrogens with one attached hydrogen (secondary N) is 1. The number of ether oxygens (including phenoxy) is 1. The number of carbonyl (C=O) groups excluding carboxylic acids is 1. The molecule has 2 heterocycles. The molecule has 0 aliphatic carbocycles. The Morgan fingerprint density at radius 3 is 2.81 bits per heavy atom. The first-order valence-electron chi connectivity index (χ1n) is 8.08. The fourth-order valence-electron chi connectivity index (χ4n) is 2.40. The van der Waals surface area contributed by atoms with Gasteiger partial charge in [0.25, 0.3) is 5.91 Å². The maximum absolute atomic E-state index is 12.9. The Kier molecular flexibility index (Phi) is 4.83. The van der Waals surface area contributed by atoms with Gasteiger partial charge in [0.1, 0.15) is 28.9 Å². The van der Waals surface area contributed by atoms with Crippen LogP contribution in [0.5, 0.6) is 5.75 Å². The molecule has 1 N–H and O–H groups in total. The number of benzene rings is 2. The molecule has 8 heteroatoms. The largest absolute Gasteiger partial charge is 0.486 e. The van der Waals surface area contributed by atoms with Crippen LogP contribution in [0.1, 0.15) is 21.1 Å². The molecule has 4 aromatic rings. The van der Waals surface area contributed by atoms with Crippen molar-refractivity contribution < 1.29 is 13.9 Å². The Balaban J connectivity index is 1.40. The van der Waals surface area contributed by atoms with Gasteiger partial charge in [-0.2, -0.15) is 0 Å². The molecule has 2 aromatic heterocycles. The van der Waals surface area contributed by atoms with Crippen LogP contribution < -0.4 is 10.1 Å². The van der Waals surface area contributed by atoms with Crippen LogP contribution in [-0.2, 0) is 6.61 Å². The number of fused-ring (bicyclic) bond motifs is 1. The number of aryl methyl sites for hydroxylation is 1. The second-order valence-electron chi connectivity index (χ2n) is 5.81. The molecular weight excluding hydrogens is 385 g/mol. The van der Waals surface area contributed by atoms with Gasteiger partial charge in [-0.15, -0.1) is 11.3 Å². The van der Waals surface area contributed by atoms with E-state index >= 15 is 0 Å². The van der Waals surface area contributed by atoms with Crippen LogP contribution in [0, 0.1) is 12.7 Å². The topological polar surface area (TPSA) is 64.1 Å². The number of aromatic nitrogens is 2. The number of halogens is 1. The lowest BCUT2D eigenvalue weighted by molar-refractivity contribution is 0.102. The Morgan fingerprint density at radius 1 is 1.19 bits per heavy atom. The predicted molar refractivity (Wildman–Crippen MR) is 105 cm³/mol. The van der Waals surface area contributed by atoms with Crippen molar-refractivity contribution in [3.63, 3.8) is 0 Å². The van der Waals surface area contributed by atoms with Gasteiger partial charge in [0.05, 0.1) is 10.2 Å². The van der Waals surface area contributed by atoms with Crippen molar-refractivity contribution in [2.45, 2.75) is 13.5 Å². The number of hydrogen-bond donors (Lipinski definition) is 1. The molecule has 2 aromatic carbocycles. The molecule has 0 aliphatic heterocycles. The third-order valence-electron chi connectivity index (χ3n) is 3.72. The molecule has 1 amide bonds. The van der Waals surface area contributed by atoms with Crippen LogP contribution in [-0.4, -0.2) is 15.9 Å². The lowest BCUT2D eigenvalue weighted by atomic mass is 10.2. The molecular formula is C19H14FN3O2S2. The van der Waals surface area contributed by atoms with E-state index in [0.717, 1.165) is 15.8 Å². The van der Waals surface area contributed by atoms with Gasteiger partial charge in [-0.1, -0.05) is 17.4 Å². The molecule has 0 radical (unpaired) electrons. The fourth-order valence-corrected chi connectivity index (χ4v) is 4.05. The van der Waals surface area contributed by atoms with Gasteiger partial charge >= 0.3 is 0 Å². The monoisotopic (exact) mass is 399 g/mol. The van der Waals surface area contributed by atoms with Crippen molar-refractivity contribution in [2.75, 3.05) is 5.32 Å². The minimum Gasteiger partial charge on any atom is -0.486 e. The predicted octanol–water partition coefficient (Wildman–Crippen LogP) is 5.03. The Hall–Kier alpha value is -2.84. The van der Waals surface area contributed by atoms with Crippen LogP contribution in [0.3, 0.4) is 0 Å². The summed E-state index contributed by atoms with van der Waals surface area (Å²) in [4.78, 5) is 21.1. The Bertz CT molecular complexity index is 1110. The first-order valence-corrected chi connectivity index (χ1v) is 9.78. The zero-order valence-electron chi connectivity index (χ0n) is 14.2. The van der Waals surface area contributed by atoms with Crippen LogP contribution in [0.25, 0.3) is 10.2 Å². The molecule has 0 atom stereocenters. The first-order chi connectivity index (χ1) is 13.1. The number of anilines is 1. The van der Waals surface area contributed by atoms with Crippen molar-refractivity contribution in [3.05, 3.63) is 69.9 Å². The van der Waals surface area contributed by atoms with Crippen LogP contribution in [0.2, 0.25) is 0 Å². The number of amides is 1. The quantitative estimate of drug-likeness (QED) is 0.511. The zero-order valence-corrected chi connectivity index (χ0v) is 15.9. The van der Waals surface area contributed by atoms with Gasteiger partial charge in [0.15, 0.2) is 5.13 Å². The number of nitrogens with zero attached hydrogens (tertiary/aromatic N) is 2. The number of rotatable bonds is 5. The summed E-state index contributed by atoms with van der Waals surface area (Å²) in [5.41, 5.74) is 2.31. The first kappa shape index (κ1) is 17.6. The van der Waals surface area contributed by atoms with E-state index in [1.807, 2.05) is 25.1 Å². The summed E-state index contributed by atoms with van der Waals surface area (Å²) in [6.45, 7) is 2.23. The highest BCUT2D eigenvalue weighted by molar-refractivity contribution is 7.22. The summed E-state index contributed by atoms with van der Waals surface area (Å²) in [5, 5.41) is 5.66. The van der Waals surface area contributed by atoms with E-state index in [9.17, 15) is 9.18 Å². The highest BCUT2D eigenvalue weighted by Crippen LogP contribution is 2.27. The fraction of sp³-hybridized carbons (Fsp3) is 0.105. The maximum atomic E-state index is 12.9. The van der Waals surface area contributed by atoms with Crippen LogP contribution >= 0.6 is 22.7 Å². The van der Waals surface area contributed by atoms with Crippen LogP contribution in [0.4, 0.5) is 9.52 Å². The van der Waals surface area contributed by atoms with E-state index in [1.165, 1.54) is 34.8 Å². The second kappa shape index (κ2) is 7.42. The van der Waals surface area contributed by atoms with Crippen LogP contribution in [0.15, 0.2) is 47.8 Å². The Labute approximate surface area is 162 Å². The lowest BCUT2D eigenvalue weighted by Gasteiger charge is -2.03. The summed E-state index contributed by atoms with van der Waals surface area (Å²) in [6, 6.07) is 11.7. The average Bonchev–Trinajstić information content (AvgIpc) is 3.27. The van der Waals surface area contributed by atoms with E-state index < -0.39 is 0 Å². The molecule has 27 heavy (non-hydrogen) atoms. The summed E-state index contributed by atoms with van der Waals surface area (Å²) < 4.78 is 19.5. The summed E-state index contributed by atoms with van der Waals surface area (Å²) >= 11 is 2.76. The van der Waals surface area contributed by atoms with Gasteiger partial charge < -0.3 is 4.74 Å². The molecule has 0 bridgehead atoms.